The highest BCUT2D eigenvalue weighted by molar-refractivity contribution is 6.10. The first-order chi connectivity index (χ1) is 13.2. The van der Waals surface area contributed by atoms with Gasteiger partial charge >= 0.3 is 0 Å². The average Bonchev–Trinajstić information content (AvgIpc) is 3.00. The molecule has 0 saturated heterocycles. The lowest BCUT2D eigenvalue weighted by molar-refractivity contribution is -0.666. The van der Waals surface area contributed by atoms with Gasteiger partial charge in [-0.3, -0.25) is 0 Å². The predicted octanol–water partition coefficient (Wildman–Crippen LogP) is 6.37. The Kier molecular flexibility index (Phi) is 3.72. The third-order valence-electron chi connectivity index (χ3n) is 5.34. The molecule has 0 amide bonds. The van der Waals surface area contributed by atoms with Crippen LogP contribution < -0.4 is 4.57 Å². The lowest BCUT2D eigenvalue weighted by Crippen LogP contribution is -2.35. The van der Waals surface area contributed by atoms with E-state index in [1.165, 1.54) is 0 Å². The summed E-state index contributed by atoms with van der Waals surface area (Å²) in [6, 6.07) is 14.0. The summed E-state index contributed by atoms with van der Waals surface area (Å²) < 4.78 is 16.9. The number of aromatic nitrogens is 1. The SMILES string of the molecule is [2H]C(C)(C)c1cc(C)[n+](C)c(-c2c(C)ccc3c2oc2cc([N+]#[C-])ccc23)c1. The summed E-state index contributed by atoms with van der Waals surface area (Å²) in [5, 5.41) is 2.06. The molecular weight excluding hydrogens is 332 g/mol. The van der Waals surface area contributed by atoms with Gasteiger partial charge in [0.15, 0.2) is 11.4 Å². The maximum atomic E-state index is 8.49. The van der Waals surface area contributed by atoms with Crippen LogP contribution in [0.1, 0.15) is 37.9 Å². The minimum absolute atomic E-state index is 0.573. The fourth-order valence-corrected chi connectivity index (χ4v) is 3.64. The Morgan fingerprint density at radius 1 is 1.07 bits per heavy atom. The molecule has 0 N–H and O–H groups in total. The monoisotopic (exact) mass is 356 g/mol. The van der Waals surface area contributed by atoms with Gasteiger partial charge < -0.3 is 4.42 Å². The molecular formula is C24H23N2O+. The Hall–Kier alpha value is -3.12. The van der Waals surface area contributed by atoms with Crippen LogP contribution in [0.2, 0.25) is 0 Å². The lowest BCUT2D eigenvalue weighted by atomic mass is 9.96. The minimum atomic E-state index is -0.687. The van der Waals surface area contributed by atoms with Crippen molar-refractivity contribution in [3.05, 3.63) is 70.7 Å². The van der Waals surface area contributed by atoms with E-state index in [-0.39, 0.29) is 0 Å². The second kappa shape index (κ2) is 6.25. The highest BCUT2D eigenvalue weighted by atomic mass is 16.3. The highest BCUT2D eigenvalue weighted by Gasteiger charge is 2.23. The van der Waals surface area contributed by atoms with E-state index in [2.05, 4.69) is 47.5 Å². The maximum Gasteiger partial charge on any atom is 0.216 e. The smallest absolute Gasteiger partial charge is 0.216 e. The first-order valence-corrected chi connectivity index (χ1v) is 9.05. The number of aryl methyl sites for hydroxylation is 2. The Bertz CT molecular complexity index is 1290. The largest absolute Gasteiger partial charge is 0.456 e. The fraction of sp³-hybridized carbons (Fsp3) is 0.250. The first-order valence-electron chi connectivity index (χ1n) is 9.55. The molecule has 0 unspecified atom stereocenters. The summed E-state index contributed by atoms with van der Waals surface area (Å²) in [6.45, 7) is 15.2. The molecule has 0 radical (unpaired) electrons. The Labute approximate surface area is 161 Å². The van der Waals surface area contributed by atoms with Crippen LogP contribution in [0.5, 0.6) is 0 Å². The van der Waals surface area contributed by atoms with Gasteiger partial charge in [0.2, 0.25) is 5.69 Å². The Morgan fingerprint density at radius 2 is 1.81 bits per heavy atom. The molecule has 3 heteroatoms. The molecule has 134 valence electrons. The van der Waals surface area contributed by atoms with Crippen molar-refractivity contribution in [1.82, 2.24) is 0 Å². The van der Waals surface area contributed by atoms with E-state index in [1.807, 2.05) is 33.0 Å². The molecule has 0 saturated carbocycles. The molecule has 0 fully saturated rings. The van der Waals surface area contributed by atoms with E-state index in [0.717, 1.165) is 50.0 Å². The Morgan fingerprint density at radius 3 is 2.52 bits per heavy atom. The predicted molar refractivity (Wildman–Crippen MR) is 110 cm³/mol. The van der Waals surface area contributed by atoms with Crippen molar-refractivity contribution in [3.8, 4) is 11.3 Å². The molecule has 0 aliphatic heterocycles. The van der Waals surface area contributed by atoms with Crippen LogP contribution in [0.4, 0.5) is 5.69 Å². The van der Waals surface area contributed by atoms with Crippen LogP contribution in [0.15, 0.2) is 46.9 Å². The quantitative estimate of drug-likeness (QED) is 0.302. The second-order valence-electron chi connectivity index (χ2n) is 7.36. The Balaban J connectivity index is 2.11. The standard InChI is InChI=1S/C24H23N2O/c1-14(2)17-11-16(4)26(6)21(12-17)23-15(3)7-9-20-19-10-8-18(25-5)13-22(19)27-24(20)23/h7-14H,1-4,6H3/q+1/i14D. The van der Waals surface area contributed by atoms with E-state index >= 15 is 0 Å². The van der Waals surface area contributed by atoms with Gasteiger partial charge in [-0.05, 0) is 30.0 Å². The van der Waals surface area contributed by atoms with E-state index in [0.29, 0.717) is 5.69 Å². The number of fused-ring (bicyclic) bond motifs is 3. The average molecular weight is 356 g/mol. The van der Waals surface area contributed by atoms with Gasteiger partial charge in [0.05, 0.1) is 12.1 Å². The molecule has 0 bridgehead atoms. The fourth-order valence-electron chi connectivity index (χ4n) is 3.64. The molecule has 0 spiro atoms. The zero-order valence-corrected chi connectivity index (χ0v) is 16.3. The number of benzene rings is 2. The number of nitrogens with zero attached hydrogens (tertiary/aromatic N) is 2. The minimum Gasteiger partial charge on any atom is -0.456 e. The van der Waals surface area contributed by atoms with Gasteiger partial charge in [-0.25, -0.2) is 4.85 Å². The third-order valence-corrected chi connectivity index (χ3v) is 5.34. The van der Waals surface area contributed by atoms with Crippen LogP contribution >= 0.6 is 0 Å². The van der Waals surface area contributed by atoms with Crippen LogP contribution in [-0.2, 0) is 7.05 Å². The zero-order valence-electron chi connectivity index (χ0n) is 17.3. The van der Waals surface area contributed by atoms with Crippen molar-refractivity contribution < 1.29 is 10.4 Å². The van der Waals surface area contributed by atoms with Crippen molar-refractivity contribution >= 4 is 27.6 Å². The number of furan rings is 1. The summed E-state index contributed by atoms with van der Waals surface area (Å²) in [4.78, 5) is 3.52. The van der Waals surface area contributed by atoms with Crippen molar-refractivity contribution in [1.29, 1.82) is 0 Å². The van der Waals surface area contributed by atoms with Crippen molar-refractivity contribution in [2.45, 2.75) is 33.6 Å². The maximum absolute atomic E-state index is 8.49. The topological polar surface area (TPSA) is 21.4 Å². The van der Waals surface area contributed by atoms with Crippen molar-refractivity contribution in [2.24, 2.45) is 7.05 Å². The van der Waals surface area contributed by atoms with Crippen LogP contribution in [-0.4, -0.2) is 0 Å². The van der Waals surface area contributed by atoms with Crippen LogP contribution in [0.25, 0.3) is 38.0 Å². The molecule has 0 aliphatic rings. The number of pyridine rings is 1. The zero-order chi connectivity index (χ0) is 20.2. The van der Waals surface area contributed by atoms with Crippen molar-refractivity contribution in [3.63, 3.8) is 0 Å². The molecule has 2 heterocycles. The normalized spacial score (nSPS) is 12.4. The lowest BCUT2D eigenvalue weighted by Gasteiger charge is -2.11. The van der Waals surface area contributed by atoms with Crippen LogP contribution in [0, 0.1) is 20.4 Å². The molecule has 4 aromatic rings. The molecule has 2 aromatic carbocycles. The summed E-state index contributed by atoms with van der Waals surface area (Å²) in [5.41, 5.74) is 7.38. The van der Waals surface area contributed by atoms with E-state index in [9.17, 15) is 0 Å². The third kappa shape index (κ3) is 2.69. The summed E-state index contributed by atoms with van der Waals surface area (Å²) in [5.74, 6) is -0.687. The second-order valence-corrected chi connectivity index (χ2v) is 7.36. The number of hydrogen-bond acceptors (Lipinski definition) is 1. The van der Waals surface area contributed by atoms with E-state index in [4.69, 9.17) is 12.4 Å². The number of rotatable bonds is 2. The molecule has 2 aromatic heterocycles. The summed E-state index contributed by atoms with van der Waals surface area (Å²) in [7, 11) is 2.05. The molecule has 0 atom stereocenters. The summed E-state index contributed by atoms with van der Waals surface area (Å²) >= 11 is 0. The van der Waals surface area contributed by atoms with Crippen LogP contribution in [0.3, 0.4) is 0 Å². The van der Waals surface area contributed by atoms with Gasteiger partial charge in [-0.2, -0.15) is 4.57 Å². The van der Waals surface area contributed by atoms with Gasteiger partial charge in [-0.15, -0.1) is 0 Å². The van der Waals surface area contributed by atoms with Gasteiger partial charge in [0.1, 0.15) is 18.2 Å². The highest BCUT2D eigenvalue weighted by Crippen LogP contribution is 2.38. The molecule has 27 heavy (non-hydrogen) atoms. The van der Waals surface area contributed by atoms with E-state index < -0.39 is 5.89 Å². The molecule has 4 rings (SSSR count). The van der Waals surface area contributed by atoms with Gasteiger partial charge in [0, 0.05) is 31.2 Å². The van der Waals surface area contributed by atoms with E-state index in [1.54, 1.807) is 6.07 Å². The van der Waals surface area contributed by atoms with Crippen molar-refractivity contribution in [2.75, 3.05) is 0 Å². The molecule has 0 aliphatic carbocycles. The summed E-state index contributed by atoms with van der Waals surface area (Å²) in [6.07, 6.45) is 0. The number of hydrogen-bond donors (Lipinski definition) is 0. The van der Waals surface area contributed by atoms with Gasteiger partial charge in [0.25, 0.3) is 0 Å². The van der Waals surface area contributed by atoms with Gasteiger partial charge in [-0.1, -0.05) is 38.1 Å². The molecule has 3 nitrogen and oxygen atoms in total. The first kappa shape index (κ1) is 16.1.